The third-order valence-corrected chi connectivity index (χ3v) is 4.78. The SMILES string of the molecule is CCCC1Oc2ccc(NC(=O)c3ccc(Cl)cc3)cc2CC1C(N)=O. The van der Waals surface area contributed by atoms with Gasteiger partial charge in [-0.3, -0.25) is 9.59 Å². The van der Waals surface area contributed by atoms with Crippen LogP contribution in [0, 0.1) is 5.92 Å². The van der Waals surface area contributed by atoms with Crippen LogP contribution in [-0.2, 0) is 11.2 Å². The number of anilines is 1. The molecular weight excluding hydrogens is 352 g/mol. The van der Waals surface area contributed by atoms with Gasteiger partial charge in [-0.1, -0.05) is 24.9 Å². The number of nitrogens with two attached hydrogens (primary N) is 1. The van der Waals surface area contributed by atoms with E-state index in [-0.39, 0.29) is 23.8 Å². The molecule has 2 atom stereocenters. The van der Waals surface area contributed by atoms with E-state index < -0.39 is 0 Å². The van der Waals surface area contributed by atoms with E-state index in [0.717, 1.165) is 24.2 Å². The Labute approximate surface area is 157 Å². The Hall–Kier alpha value is -2.53. The second-order valence-corrected chi connectivity index (χ2v) is 6.88. The van der Waals surface area contributed by atoms with Crippen molar-refractivity contribution in [2.24, 2.45) is 11.7 Å². The molecule has 2 aromatic carbocycles. The Morgan fingerprint density at radius 2 is 1.96 bits per heavy atom. The molecule has 1 aliphatic rings. The lowest BCUT2D eigenvalue weighted by Crippen LogP contribution is -2.41. The Bertz CT molecular complexity index is 820. The molecule has 0 aliphatic carbocycles. The zero-order chi connectivity index (χ0) is 18.7. The minimum Gasteiger partial charge on any atom is -0.489 e. The van der Waals surface area contributed by atoms with Crippen LogP contribution in [0.15, 0.2) is 42.5 Å². The molecule has 0 bridgehead atoms. The van der Waals surface area contributed by atoms with Gasteiger partial charge in [0.05, 0.1) is 5.92 Å². The lowest BCUT2D eigenvalue weighted by molar-refractivity contribution is -0.125. The van der Waals surface area contributed by atoms with E-state index in [2.05, 4.69) is 5.32 Å². The van der Waals surface area contributed by atoms with Crippen molar-refractivity contribution in [2.75, 3.05) is 5.32 Å². The van der Waals surface area contributed by atoms with Crippen LogP contribution >= 0.6 is 11.6 Å². The monoisotopic (exact) mass is 372 g/mol. The number of hydrogen-bond donors (Lipinski definition) is 2. The van der Waals surface area contributed by atoms with Gasteiger partial charge in [0.2, 0.25) is 5.91 Å². The fourth-order valence-corrected chi connectivity index (χ4v) is 3.30. The highest BCUT2D eigenvalue weighted by Gasteiger charge is 2.33. The molecule has 136 valence electrons. The van der Waals surface area contributed by atoms with Gasteiger partial charge in [-0.05, 0) is 60.9 Å². The average Bonchev–Trinajstić information content (AvgIpc) is 2.62. The summed E-state index contributed by atoms with van der Waals surface area (Å²) in [4.78, 5) is 24.1. The number of amides is 2. The molecule has 2 amide bonds. The first-order valence-corrected chi connectivity index (χ1v) is 9.01. The zero-order valence-corrected chi connectivity index (χ0v) is 15.3. The largest absolute Gasteiger partial charge is 0.489 e. The van der Waals surface area contributed by atoms with Crippen LogP contribution in [0.3, 0.4) is 0 Å². The van der Waals surface area contributed by atoms with E-state index >= 15 is 0 Å². The van der Waals surface area contributed by atoms with Gasteiger partial charge in [0, 0.05) is 16.3 Å². The lowest BCUT2D eigenvalue weighted by Gasteiger charge is -2.32. The normalized spacial score (nSPS) is 18.5. The summed E-state index contributed by atoms with van der Waals surface area (Å²) in [6.07, 6.45) is 2.01. The van der Waals surface area contributed by atoms with E-state index in [9.17, 15) is 9.59 Å². The summed E-state index contributed by atoms with van der Waals surface area (Å²) in [5.41, 5.74) is 7.58. The summed E-state index contributed by atoms with van der Waals surface area (Å²) in [5, 5.41) is 3.43. The van der Waals surface area contributed by atoms with E-state index in [1.165, 1.54) is 0 Å². The summed E-state index contributed by atoms with van der Waals surface area (Å²) in [6.45, 7) is 2.05. The Balaban J connectivity index is 1.78. The van der Waals surface area contributed by atoms with Gasteiger partial charge in [0.15, 0.2) is 0 Å². The number of primary amides is 1. The molecule has 0 spiro atoms. The van der Waals surface area contributed by atoms with Crippen LogP contribution in [-0.4, -0.2) is 17.9 Å². The predicted octanol–water partition coefficient (Wildman–Crippen LogP) is 3.80. The molecule has 2 unspecified atom stereocenters. The molecule has 0 radical (unpaired) electrons. The van der Waals surface area contributed by atoms with E-state index in [1.807, 2.05) is 19.1 Å². The van der Waals surface area contributed by atoms with Gasteiger partial charge in [-0.25, -0.2) is 0 Å². The van der Waals surface area contributed by atoms with Crippen molar-refractivity contribution in [1.29, 1.82) is 0 Å². The third kappa shape index (κ3) is 3.99. The Morgan fingerprint density at radius 1 is 1.23 bits per heavy atom. The summed E-state index contributed by atoms with van der Waals surface area (Å²) in [7, 11) is 0. The van der Waals surface area contributed by atoms with Gasteiger partial charge in [0.1, 0.15) is 11.9 Å². The molecule has 26 heavy (non-hydrogen) atoms. The molecular formula is C20H21ClN2O3. The highest BCUT2D eigenvalue weighted by Crippen LogP contribution is 2.34. The topological polar surface area (TPSA) is 81.4 Å². The minimum absolute atomic E-state index is 0.195. The van der Waals surface area contributed by atoms with Crippen molar-refractivity contribution in [3.63, 3.8) is 0 Å². The number of rotatable bonds is 5. The van der Waals surface area contributed by atoms with Crippen LogP contribution in [0.25, 0.3) is 0 Å². The second-order valence-electron chi connectivity index (χ2n) is 6.44. The van der Waals surface area contributed by atoms with Gasteiger partial charge in [0.25, 0.3) is 5.91 Å². The summed E-state index contributed by atoms with van der Waals surface area (Å²) in [6, 6.07) is 12.1. The molecule has 0 saturated carbocycles. The molecule has 1 aliphatic heterocycles. The van der Waals surface area contributed by atoms with Crippen molar-refractivity contribution in [3.8, 4) is 5.75 Å². The number of fused-ring (bicyclic) bond motifs is 1. The highest BCUT2D eigenvalue weighted by atomic mass is 35.5. The maximum absolute atomic E-state index is 12.3. The Morgan fingerprint density at radius 3 is 2.62 bits per heavy atom. The molecule has 0 fully saturated rings. The van der Waals surface area contributed by atoms with Crippen LogP contribution in [0.1, 0.15) is 35.7 Å². The fraction of sp³-hybridized carbons (Fsp3) is 0.300. The quantitative estimate of drug-likeness (QED) is 0.837. The number of hydrogen-bond acceptors (Lipinski definition) is 3. The zero-order valence-electron chi connectivity index (χ0n) is 14.5. The summed E-state index contributed by atoms with van der Waals surface area (Å²) in [5.74, 6) is -0.200. The average molecular weight is 373 g/mol. The fourth-order valence-electron chi connectivity index (χ4n) is 3.18. The molecule has 0 aromatic heterocycles. The maximum Gasteiger partial charge on any atom is 0.255 e. The highest BCUT2D eigenvalue weighted by molar-refractivity contribution is 6.30. The van der Waals surface area contributed by atoms with Gasteiger partial charge in [-0.15, -0.1) is 0 Å². The molecule has 5 nitrogen and oxygen atoms in total. The lowest BCUT2D eigenvalue weighted by atomic mass is 9.87. The molecule has 0 saturated heterocycles. The maximum atomic E-state index is 12.3. The van der Waals surface area contributed by atoms with Crippen LogP contribution < -0.4 is 15.8 Å². The molecule has 2 aromatic rings. The summed E-state index contributed by atoms with van der Waals surface area (Å²) >= 11 is 5.85. The van der Waals surface area contributed by atoms with Crippen molar-refractivity contribution >= 4 is 29.1 Å². The molecule has 3 rings (SSSR count). The van der Waals surface area contributed by atoms with E-state index in [0.29, 0.717) is 22.7 Å². The molecule has 6 heteroatoms. The van der Waals surface area contributed by atoms with Crippen LogP contribution in [0.5, 0.6) is 5.75 Å². The van der Waals surface area contributed by atoms with Gasteiger partial charge < -0.3 is 15.8 Å². The van der Waals surface area contributed by atoms with E-state index in [4.69, 9.17) is 22.1 Å². The first-order chi connectivity index (χ1) is 12.5. The first kappa shape index (κ1) is 18.3. The van der Waals surface area contributed by atoms with Crippen molar-refractivity contribution < 1.29 is 14.3 Å². The Kier molecular flexibility index (Phi) is 5.47. The predicted molar refractivity (Wildman–Crippen MR) is 102 cm³/mol. The minimum atomic E-state index is -0.357. The summed E-state index contributed by atoms with van der Waals surface area (Å²) < 4.78 is 5.98. The molecule has 1 heterocycles. The van der Waals surface area contributed by atoms with Gasteiger partial charge in [-0.2, -0.15) is 0 Å². The smallest absolute Gasteiger partial charge is 0.255 e. The van der Waals surface area contributed by atoms with Gasteiger partial charge >= 0.3 is 0 Å². The van der Waals surface area contributed by atoms with Crippen molar-refractivity contribution in [3.05, 3.63) is 58.6 Å². The number of carbonyl (C=O) groups excluding carboxylic acids is 2. The van der Waals surface area contributed by atoms with Crippen LogP contribution in [0.4, 0.5) is 5.69 Å². The standard InChI is InChI=1S/C20H21ClN2O3/c1-2-3-18-16(19(22)24)11-13-10-15(8-9-17(13)26-18)23-20(25)12-4-6-14(21)7-5-12/h4-10,16,18H,2-3,11H2,1H3,(H2,22,24)(H,23,25). The van der Waals surface area contributed by atoms with Crippen molar-refractivity contribution in [1.82, 2.24) is 0 Å². The second kappa shape index (κ2) is 7.79. The molecule has 3 N–H and O–H groups in total. The van der Waals surface area contributed by atoms with Crippen molar-refractivity contribution in [2.45, 2.75) is 32.3 Å². The number of benzene rings is 2. The van der Waals surface area contributed by atoms with Crippen LogP contribution in [0.2, 0.25) is 5.02 Å². The third-order valence-electron chi connectivity index (χ3n) is 4.53. The number of halogens is 1. The number of ether oxygens (including phenoxy) is 1. The number of carbonyl (C=O) groups is 2. The first-order valence-electron chi connectivity index (χ1n) is 8.63. The number of nitrogens with one attached hydrogen (secondary N) is 1. The van der Waals surface area contributed by atoms with E-state index in [1.54, 1.807) is 30.3 Å².